The molecule has 0 aromatic rings. The van der Waals surface area contributed by atoms with E-state index >= 15 is 0 Å². The maximum absolute atomic E-state index is 10.0. The Morgan fingerprint density at radius 2 is 2.33 bits per heavy atom. The second-order valence-corrected chi connectivity index (χ2v) is 1.58. The summed E-state index contributed by atoms with van der Waals surface area (Å²) in [6, 6.07) is 0. The Hall–Kier alpha value is -0.0826. The molecule has 0 radical (unpaired) electrons. The molecule has 0 aliphatic carbocycles. The average molecular weight is 142 g/mol. The smallest absolute Gasteiger partial charge is 1.00 e. The van der Waals surface area contributed by atoms with Gasteiger partial charge in [0.1, 0.15) is 0 Å². The Labute approximate surface area is 68.8 Å². The standard InChI is InChI=1S/C3H5NO3S.Li.H/c1-2-3(5)4-8(6)7;;/h2H,1H2,(H,4,5)(H,6,7);;/q;+1;-1/p-1. The Morgan fingerprint density at radius 3 is 2.44 bits per heavy atom. The molecule has 0 aromatic carbocycles. The van der Waals surface area contributed by atoms with E-state index in [9.17, 15) is 13.6 Å². The van der Waals surface area contributed by atoms with Crippen molar-refractivity contribution in [1.29, 1.82) is 0 Å². The summed E-state index contributed by atoms with van der Waals surface area (Å²) in [5.41, 5.74) is 0. The van der Waals surface area contributed by atoms with Gasteiger partial charge in [0.2, 0.25) is 0 Å². The number of hydrogen-bond acceptors (Lipinski definition) is 3. The number of rotatable bonds is 2. The van der Waals surface area contributed by atoms with Crippen molar-refractivity contribution in [3.63, 3.8) is 0 Å². The van der Waals surface area contributed by atoms with Crippen LogP contribution in [0.1, 0.15) is 1.43 Å². The molecule has 1 amide bonds. The molecule has 1 atom stereocenters. The van der Waals surface area contributed by atoms with Gasteiger partial charge in [0.25, 0.3) is 5.91 Å². The largest absolute Gasteiger partial charge is 1.00 e. The minimum Gasteiger partial charge on any atom is -1.00 e. The van der Waals surface area contributed by atoms with Crippen LogP contribution in [0.25, 0.3) is 0 Å². The second kappa shape index (κ2) is 6.04. The number of carbonyl (C=O) groups is 1. The third-order valence-electron chi connectivity index (χ3n) is 0.369. The molecule has 0 fully saturated rings. The van der Waals surface area contributed by atoms with Crippen LogP contribution in [0.4, 0.5) is 0 Å². The Kier molecular flexibility index (Phi) is 7.84. The summed E-state index contributed by atoms with van der Waals surface area (Å²) < 4.78 is 20.7. The van der Waals surface area contributed by atoms with Crippen molar-refractivity contribution in [1.82, 2.24) is 4.72 Å². The van der Waals surface area contributed by atoms with Gasteiger partial charge in [-0.2, -0.15) is 0 Å². The molecule has 48 valence electrons. The molecule has 0 saturated heterocycles. The monoisotopic (exact) mass is 142 g/mol. The average Bonchev–Trinajstić information content (AvgIpc) is 1.65. The first-order chi connectivity index (χ1) is 3.66. The predicted octanol–water partition coefficient (Wildman–Crippen LogP) is -3.80. The summed E-state index contributed by atoms with van der Waals surface area (Å²) in [7, 11) is 0. The van der Waals surface area contributed by atoms with E-state index in [1.807, 2.05) is 0 Å². The maximum atomic E-state index is 10.0. The zero-order valence-electron chi connectivity index (χ0n) is 5.92. The summed E-state index contributed by atoms with van der Waals surface area (Å²) in [4.78, 5) is 10.0. The van der Waals surface area contributed by atoms with Gasteiger partial charge in [0.15, 0.2) is 0 Å². The topological polar surface area (TPSA) is 69.2 Å². The molecule has 0 aliphatic rings. The van der Waals surface area contributed by atoms with Gasteiger partial charge in [-0.3, -0.25) is 13.7 Å². The molecule has 0 rings (SSSR count). The zero-order valence-corrected chi connectivity index (χ0v) is 5.73. The molecule has 9 heavy (non-hydrogen) atoms. The minimum atomic E-state index is -2.52. The van der Waals surface area contributed by atoms with Crippen molar-refractivity contribution in [3.8, 4) is 0 Å². The van der Waals surface area contributed by atoms with Gasteiger partial charge in [-0.05, 0) is 6.08 Å². The van der Waals surface area contributed by atoms with Crippen molar-refractivity contribution in [3.05, 3.63) is 12.7 Å². The van der Waals surface area contributed by atoms with Gasteiger partial charge >= 0.3 is 18.9 Å². The summed E-state index contributed by atoms with van der Waals surface area (Å²) in [5.74, 6) is -0.724. The van der Waals surface area contributed by atoms with Crippen LogP contribution in [-0.4, -0.2) is 14.7 Å². The molecule has 6 heteroatoms. The number of nitrogens with one attached hydrogen (secondary N) is 1. The molecule has 0 saturated carbocycles. The molecule has 1 unspecified atom stereocenters. The van der Waals surface area contributed by atoms with Crippen molar-refractivity contribution in [2.45, 2.75) is 0 Å². The van der Waals surface area contributed by atoms with Crippen molar-refractivity contribution in [2.75, 3.05) is 0 Å². The van der Waals surface area contributed by atoms with Crippen LogP contribution in [0.3, 0.4) is 0 Å². The molecule has 0 aliphatic heterocycles. The molecule has 4 nitrogen and oxygen atoms in total. The summed E-state index contributed by atoms with van der Waals surface area (Å²) >= 11 is -2.52. The maximum Gasteiger partial charge on any atom is 1.00 e. The van der Waals surface area contributed by atoms with Crippen LogP contribution in [0.5, 0.6) is 0 Å². The second-order valence-electron chi connectivity index (χ2n) is 0.905. The quantitative estimate of drug-likeness (QED) is 0.244. The van der Waals surface area contributed by atoms with E-state index in [0.29, 0.717) is 0 Å². The van der Waals surface area contributed by atoms with Crippen LogP contribution < -0.4 is 23.6 Å². The van der Waals surface area contributed by atoms with E-state index in [1.54, 1.807) is 4.72 Å². The van der Waals surface area contributed by atoms with Crippen LogP contribution >= 0.6 is 0 Å². The van der Waals surface area contributed by atoms with Gasteiger partial charge in [0.05, 0.1) is 0 Å². The van der Waals surface area contributed by atoms with Crippen LogP contribution in [0.15, 0.2) is 12.7 Å². The fourth-order valence-corrected chi connectivity index (χ4v) is 0.371. The Morgan fingerprint density at radius 1 is 1.89 bits per heavy atom. The summed E-state index contributed by atoms with van der Waals surface area (Å²) in [5, 5.41) is 0. The SMILES string of the molecule is C=CC(=O)NS(=O)[O-].[H-].[Li+]. The molecule has 1 N–H and O–H groups in total. The number of carbonyl (C=O) groups excluding carboxylic acids is 1. The Bertz CT molecular complexity index is 142. The predicted molar refractivity (Wildman–Crippen MR) is 28.4 cm³/mol. The molecule has 0 heterocycles. The molecular weight excluding hydrogens is 137 g/mol. The molecule has 0 spiro atoms. The Balaban J connectivity index is -0.000000245. The van der Waals surface area contributed by atoms with Crippen LogP contribution in [-0.2, 0) is 16.1 Å². The van der Waals surface area contributed by atoms with E-state index in [2.05, 4.69) is 6.58 Å². The third kappa shape index (κ3) is 7.92. The van der Waals surface area contributed by atoms with Crippen LogP contribution in [0.2, 0.25) is 0 Å². The van der Waals surface area contributed by atoms with E-state index < -0.39 is 17.2 Å². The normalized spacial score (nSPS) is 10.8. The van der Waals surface area contributed by atoms with Gasteiger partial charge in [0, 0.05) is 11.3 Å². The fourth-order valence-electron chi connectivity index (χ4n) is 0.124. The van der Waals surface area contributed by atoms with Gasteiger partial charge in [-0.1, -0.05) is 6.58 Å². The summed E-state index contributed by atoms with van der Waals surface area (Å²) in [6.45, 7) is 3.03. The van der Waals surface area contributed by atoms with Gasteiger partial charge in [-0.15, -0.1) is 0 Å². The van der Waals surface area contributed by atoms with Gasteiger partial charge in [-0.25, -0.2) is 0 Å². The first kappa shape index (κ1) is 11.7. The van der Waals surface area contributed by atoms with Gasteiger partial charge < -0.3 is 5.98 Å². The van der Waals surface area contributed by atoms with E-state index in [-0.39, 0.29) is 20.3 Å². The van der Waals surface area contributed by atoms with E-state index in [4.69, 9.17) is 0 Å². The molecular formula is C3H5LiNO3S-. The fraction of sp³-hybridized carbons (Fsp3) is 0. The van der Waals surface area contributed by atoms with Crippen LogP contribution in [0, 0.1) is 0 Å². The van der Waals surface area contributed by atoms with Crippen molar-refractivity contribution >= 4 is 17.2 Å². The van der Waals surface area contributed by atoms with E-state index in [1.165, 1.54) is 0 Å². The first-order valence-electron chi connectivity index (χ1n) is 1.69. The number of hydrogen-bond donors (Lipinski definition) is 1. The number of amides is 1. The zero-order chi connectivity index (χ0) is 6.57. The molecule has 0 aromatic heterocycles. The minimum absolute atomic E-state index is 0. The third-order valence-corrected chi connectivity index (χ3v) is 0.737. The van der Waals surface area contributed by atoms with Crippen molar-refractivity contribution < 1.29 is 33.8 Å². The van der Waals surface area contributed by atoms with Crippen molar-refractivity contribution in [2.24, 2.45) is 0 Å². The molecule has 0 bridgehead atoms. The summed E-state index contributed by atoms with van der Waals surface area (Å²) in [6.07, 6.45) is 0.871. The van der Waals surface area contributed by atoms with E-state index in [0.717, 1.165) is 6.08 Å². The first-order valence-corrected chi connectivity index (χ1v) is 2.76.